The molecule has 6 rings (SSSR count). The monoisotopic (exact) mass is 730 g/mol. The minimum atomic E-state index is -1.85. The number of phenols is 1. The van der Waals surface area contributed by atoms with Crippen molar-refractivity contribution in [3.63, 3.8) is 0 Å². The lowest BCUT2D eigenvalue weighted by atomic mass is 9.90. The van der Waals surface area contributed by atoms with E-state index in [0.717, 1.165) is 0 Å². The number of hydrogen-bond acceptors (Lipinski definition) is 15. The number of carbonyl (C=O) groups is 1. The number of thiocarbonyl (C=S) groups is 1. The molecule has 0 amide bonds. The highest BCUT2D eigenvalue weighted by Crippen LogP contribution is 2.42. The van der Waals surface area contributed by atoms with Crippen LogP contribution < -0.4 is 16.1 Å². The van der Waals surface area contributed by atoms with Crippen molar-refractivity contribution in [2.45, 2.75) is 61.4 Å². The Morgan fingerprint density at radius 2 is 1.45 bits per heavy atom. The normalized spacial score (nSPS) is 29.5. The number of carboxylic acids is 1. The summed E-state index contributed by atoms with van der Waals surface area (Å²) in [5, 5.41) is 97.6. The second kappa shape index (κ2) is 14.7. The molecular weight excluding hydrogens is 696 g/mol. The van der Waals surface area contributed by atoms with Crippen molar-refractivity contribution in [1.29, 1.82) is 0 Å². The maximum Gasteiger partial charge on any atom is 0.336 e. The van der Waals surface area contributed by atoms with Crippen LogP contribution in [0.5, 0.6) is 5.75 Å². The highest BCUT2D eigenvalue weighted by molar-refractivity contribution is 7.80. The van der Waals surface area contributed by atoms with Gasteiger partial charge in [0.05, 0.1) is 12.2 Å². The Hall–Kier alpha value is -4.31. The van der Waals surface area contributed by atoms with Gasteiger partial charge < -0.3 is 75.2 Å². The van der Waals surface area contributed by atoms with E-state index in [9.17, 15) is 55.5 Å². The van der Waals surface area contributed by atoms with Crippen molar-refractivity contribution < 1.29 is 69.4 Å². The highest BCUT2D eigenvalue weighted by Gasteiger charge is 2.49. The first-order valence-corrected chi connectivity index (χ1v) is 16.0. The molecule has 11 N–H and O–H groups in total. The maximum absolute atomic E-state index is 12.5. The number of rotatable bonds is 8. The van der Waals surface area contributed by atoms with Gasteiger partial charge in [0.15, 0.2) is 23.1 Å². The Bertz CT molecular complexity index is 1960. The summed E-state index contributed by atoms with van der Waals surface area (Å²) in [6.45, 7) is -1.02. The zero-order valence-corrected chi connectivity index (χ0v) is 27.1. The first-order chi connectivity index (χ1) is 24.3. The molecule has 2 fully saturated rings. The van der Waals surface area contributed by atoms with E-state index in [1.54, 1.807) is 12.1 Å². The van der Waals surface area contributed by atoms with Crippen LogP contribution in [0.25, 0.3) is 33.4 Å². The molecule has 10 atom stereocenters. The molecule has 1 aliphatic carbocycles. The molecule has 2 saturated heterocycles. The Balaban J connectivity index is 1.18. The van der Waals surface area contributed by atoms with Crippen LogP contribution in [0.1, 0.15) is 10.4 Å². The molecule has 3 aliphatic heterocycles. The maximum atomic E-state index is 12.5. The van der Waals surface area contributed by atoms with Gasteiger partial charge in [0.2, 0.25) is 0 Å². The summed E-state index contributed by atoms with van der Waals surface area (Å²) in [7, 11) is 0. The largest absolute Gasteiger partial charge is 0.508 e. The predicted octanol–water partition coefficient (Wildman–Crippen LogP) is -1.12. The number of benzene rings is 3. The summed E-state index contributed by atoms with van der Waals surface area (Å²) in [6.07, 6.45) is -16.6. The molecule has 2 aromatic rings. The van der Waals surface area contributed by atoms with Gasteiger partial charge in [-0.05, 0) is 54.2 Å². The van der Waals surface area contributed by atoms with Crippen LogP contribution in [0.3, 0.4) is 0 Å². The third-order valence-electron chi connectivity index (χ3n) is 8.70. The van der Waals surface area contributed by atoms with Crippen LogP contribution >= 0.6 is 12.2 Å². The standard InChI is InChI=1S/C33H34N2O15S/c36-11-22-25(40)27(42)29(44)32(49-22)50-31-28(43)26(41)24(39)21(48-31)10-34-33(51)35-12-1-4-15(18(7-12)30(45)46)23-16-5-2-13(37)8-19(16)47-20-9-14(38)3-6-17(20)23/h1-9,21-22,24-29,31-32,36-37,39-44H,10-11H2,(H,45,46)(H2,34,35,51)/t21-,22-,24-,25-,26+,27+,28-,29-,31-,32-/m1/s1. The smallest absolute Gasteiger partial charge is 0.336 e. The van der Waals surface area contributed by atoms with E-state index >= 15 is 0 Å². The number of hydrogen-bond donors (Lipinski definition) is 11. The SMILES string of the molecule is O=C(O)c1cc(NC(=S)NC[C@H]2O[C@H](O[C@H]3O[C@H](CO)[C@@H](O)[C@H](O)[C@H]3O)[C@H](O)[C@@H](O)[C@@H]2O)ccc1-c1c2ccc(=O)cc-2oc2cc(O)ccc12. The molecule has 3 heterocycles. The van der Waals surface area contributed by atoms with Crippen LogP contribution in [0.4, 0.5) is 5.69 Å². The van der Waals surface area contributed by atoms with Gasteiger partial charge in [-0.2, -0.15) is 0 Å². The van der Waals surface area contributed by atoms with Gasteiger partial charge in [0.25, 0.3) is 0 Å². The number of aliphatic hydroxyl groups excluding tert-OH is 7. The Morgan fingerprint density at radius 1 is 0.804 bits per heavy atom. The zero-order chi connectivity index (χ0) is 36.7. The number of ether oxygens (including phenoxy) is 3. The third kappa shape index (κ3) is 7.25. The van der Waals surface area contributed by atoms with Crippen molar-refractivity contribution in [2.75, 3.05) is 18.5 Å². The molecule has 272 valence electrons. The van der Waals surface area contributed by atoms with Crippen LogP contribution in [-0.2, 0) is 14.2 Å². The Kier molecular flexibility index (Phi) is 10.5. The minimum absolute atomic E-state index is 0.0604. The molecule has 0 saturated carbocycles. The summed E-state index contributed by atoms with van der Waals surface area (Å²) in [5.41, 5.74) is 1.17. The highest BCUT2D eigenvalue weighted by atomic mass is 32.1. The van der Waals surface area contributed by atoms with Crippen molar-refractivity contribution in [3.8, 4) is 28.2 Å². The van der Waals surface area contributed by atoms with E-state index in [2.05, 4.69) is 10.6 Å². The second-order valence-corrected chi connectivity index (χ2v) is 12.5. The summed E-state index contributed by atoms with van der Waals surface area (Å²) in [4.78, 5) is 24.6. The predicted molar refractivity (Wildman–Crippen MR) is 179 cm³/mol. The molecule has 0 bridgehead atoms. The molecule has 0 unspecified atom stereocenters. The number of aliphatic hydroxyl groups is 7. The molecule has 0 aromatic heterocycles. The average Bonchev–Trinajstić information content (AvgIpc) is 3.10. The van der Waals surface area contributed by atoms with Gasteiger partial charge in [0, 0.05) is 40.9 Å². The second-order valence-electron chi connectivity index (χ2n) is 12.1. The van der Waals surface area contributed by atoms with Gasteiger partial charge >= 0.3 is 5.97 Å². The zero-order valence-electron chi connectivity index (χ0n) is 26.3. The summed E-state index contributed by atoms with van der Waals surface area (Å²) in [5.74, 6) is -1.20. The van der Waals surface area contributed by atoms with E-state index in [4.69, 9.17) is 30.8 Å². The lowest BCUT2D eigenvalue weighted by molar-refractivity contribution is -0.374. The average molecular weight is 731 g/mol. The fourth-order valence-corrected chi connectivity index (χ4v) is 6.25. The number of aromatic carboxylic acids is 1. The fourth-order valence-electron chi connectivity index (χ4n) is 6.04. The van der Waals surface area contributed by atoms with Crippen molar-refractivity contribution in [3.05, 3.63) is 70.4 Å². The van der Waals surface area contributed by atoms with E-state index in [0.29, 0.717) is 16.5 Å². The van der Waals surface area contributed by atoms with Crippen LogP contribution in [0.2, 0.25) is 0 Å². The summed E-state index contributed by atoms with van der Waals surface area (Å²) in [6, 6.07) is 12.9. The van der Waals surface area contributed by atoms with Crippen LogP contribution in [0, 0.1) is 0 Å². The topological polar surface area (TPSA) is 281 Å². The lowest BCUT2D eigenvalue weighted by Gasteiger charge is -2.44. The number of carboxylic acid groups (broad SMARTS) is 1. The summed E-state index contributed by atoms with van der Waals surface area (Å²) < 4.78 is 22.2. The fraction of sp³-hybridized carbons (Fsp3) is 0.364. The van der Waals surface area contributed by atoms with Gasteiger partial charge in [0.1, 0.15) is 65.9 Å². The molecular formula is C33H34N2O15S. The number of aromatic hydroxyl groups is 1. The van der Waals surface area contributed by atoms with Gasteiger partial charge in [-0.1, -0.05) is 6.07 Å². The van der Waals surface area contributed by atoms with Gasteiger partial charge in [-0.25, -0.2) is 4.79 Å². The minimum Gasteiger partial charge on any atom is -0.508 e. The van der Waals surface area contributed by atoms with Gasteiger partial charge in [-0.15, -0.1) is 0 Å². The number of fused-ring (bicyclic) bond motifs is 2. The third-order valence-corrected chi connectivity index (χ3v) is 8.95. The van der Waals surface area contributed by atoms with E-state index < -0.39 is 74.0 Å². The lowest BCUT2D eigenvalue weighted by Crippen LogP contribution is -2.64. The molecule has 51 heavy (non-hydrogen) atoms. The molecule has 2 aromatic carbocycles. The van der Waals surface area contributed by atoms with Gasteiger partial charge in [-0.3, -0.25) is 4.79 Å². The first-order valence-electron chi connectivity index (χ1n) is 15.5. The van der Waals surface area contributed by atoms with Crippen molar-refractivity contribution in [2.24, 2.45) is 0 Å². The van der Waals surface area contributed by atoms with Crippen molar-refractivity contribution >= 4 is 40.0 Å². The Labute approximate surface area is 292 Å². The van der Waals surface area contributed by atoms with E-state index in [1.165, 1.54) is 42.5 Å². The van der Waals surface area contributed by atoms with E-state index in [1.807, 2.05) is 0 Å². The molecule has 17 nitrogen and oxygen atoms in total. The molecule has 18 heteroatoms. The van der Waals surface area contributed by atoms with Crippen molar-refractivity contribution in [1.82, 2.24) is 5.32 Å². The quantitative estimate of drug-likeness (QED) is 0.0756. The van der Waals surface area contributed by atoms with E-state index in [-0.39, 0.29) is 51.0 Å². The molecule has 0 radical (unpaired) electrons. The molecule has 0 spiro atoms. The molecule has 4 aliphatic rings. The number of anilines is 1. The summed E-state index contributed by atoms with van der Waals surface area (Å²) >= 11 is 5.36. The Morgan fingerprint density at radius 3 is 2.12 bits per heavy atom. The first kappa shape index (κ1) is 36.5. The van der Waals surface area contributed by atoms with Crippen LogP contribution in [-0.4, -0.2) is 132 Å². The number of phenolic OH excluding ortho intramolecular Hbond substituents is 1. The number of nitrogens with one attached hydrogen (secondary N) is 2. The van der Waals surface area contributed by atoms with Crippen LogP contribution in [0.15, 0.2) is 63.8 Å².